The normalized spacial score (nSPS) is 21.7. The van der Waals surface area contributed by atoms with Gasteiger partial charge in [0.15, 0.2) is 6.29 Å². The van der Waals surface area contributed by atoms with Gasteiger partial charge >= 0.3 is 0 Å². The van der Waals surface area contributed by atoms with Gasteiger partial charge in [-0.3, -0.25) is 0 Å². The molecule has 8 atom stereocenters. The average Bonchev–Trinajstić information content (AvgIpc) is 2.56. The molecule has 11 heteroatoms. The molecule has 0 aromatic rings. The summed E-state index contributed by atoms with van der Waals surface area (Å²) in [5.41, 5.74) is 0. The minimum atomic E-state index is -1.67. The molecule has 140 valence electrons. The van der Waals surface area contributed by atoms with Gasteiger partial charge in [-0.05, 0) is 6.92 Å². The van der Waals surface area contributed by atoms with Gasteiger partial charge in [0.25, 0.3) is 0 Å². The zero-order valence-corrected chi connectivity index (χ0v) is 12.5. The van der Waals surface area contributed by atoms with Crippen LogP contribution in [-0.4, -0.2) is 119 Å². The summed E-state index contributed by atoms with van der Waals surface area (Å²) < 4.78 is 0. The molecule has 8 unspecified atom stereocenters. The quantitative estimate of drug-likeness (QED) is 0.177. The number of hydrogen-bond acceptors (Lipinski definition) is 11. The van der Waals surface area contributed by atoms with Gasteiger partial charge in [0.2, 0.25) is 0 Å². The molecule has 0 aliphatic heterocycles. The summed E-state index contributed by atoms with van der Waals surface area (Å²) in [5, 5.41) is 87.3. The number of carbonyl (C=O) groups is 1. The molecule has 0 aromatic carbocycles. The second-order valence-corrected chi connectivity index (χ2v) is 4.83. The largest absolute Gasteiger partial charge is 0.394 e. The zero-order valence-electron chi connectivity index (χ0n) is 12.5. The number of rotatable bonds is 9. The minimum Gasteiger partial charge on any atom is -0.394 e. The van der Waals surface area contributed by atoms with Gasteiger partial charge in [0.05, 0.1) is 19.3 Å². The van der Waals surface area contributed by atoms with Crippen molar-refractivity contribution in [2.45, 2.75) is 55.8 Å². The van der Waals surface area contributed by atoms with E-state index in [1.165, 1.54) is 6.92 Å². The number of aliphatic hydroxyl groups excluding tert-OH is 10. The number of hydrogen-bond donors (Lipinski definition) is 10. The molecule has 11 nitrogen and oxygen atoms in total. The lowest BCUT2D eigenvalue weighted by molar-refractivity contribution is -0.132. The van der Waals surface area contributed by atoms with Crippen molar-refractivity contribution in [2.24, 2.45) is 0 Å². The highest BCUT2D eigenvalue weighted by Gasteiger charge is 2.29. The fourth-order valence-corrected chi connectivity index (χ4v) is 1.24. The van der Waals surface area contributed by atoms with Crippen LogP contribution in [0.5, 0.6) is 0 Å². The molecule has 0 rings (SSSR count). The predicted molar refractivity (Wildman–Crippen MR) is 74.0 cm³/mol. The highest BCUT2D eigenvalue weighted by Crippen LogP contribution is 2.04. The van der Waals surface area contributed by atoms with Crippen LogP contribution in [0.1, 0.15) is 6.92 Å². The van der Waals surface area contributed by atoms with Crippen LogP contribution in [0.3, 0.4) is 0 Å². The van der Waals surface area contributed by atoms with E-state index < -0.39 is 62.0 Å². The van der Waals surface area contributed by atoms with E-state index in [9.17, 15) is 4.79 Å². The fourth-order valence-electron chi connectivity index (χ4n) is 1.24. The van der Waals surface area contributed by atoms with Crippen LogP contribution in [0.4, 0.5) is 0 Å². The Bertz CT molecular complexity index is 287. The Morgan fingerprint density at radius 3 is 1.26 bits per heavy atom. The summed E-state index contributed by atoms with van der Waals surface area (Å²) >= 11 is 0. The maximum atomic E-state index is 9.87. The van der Waals surface area contributed by atoms with Crippen molar-refractivity contribution in [1.29, 1.82) is 0 Å². The molecule has 23 heavy (non-hydrogen) atoms. The van der Waals surface area contributed by atoms with Crippen LogP contribution in [-0.2, 0) is 4.79 Å². The van der Waals surface area contributed by atoms with E-state index in [1.54, 1.807) is 0 Å². The number of aldehydes is 1. The Labute approximate surface area is 132 Å². The molecule has 10 N–H and O–H groups in total. The van der Waals surface area contributed by atoms with Gasteiger partial charge in [-0.15, -0.1) is 0 Å². The van der Waals surface area contributed by atoms with E-state index in [1.807, 2.05) is 0 Å². The van der Waals surface area contributed by atoms with Gasteiger partial charge in [-0.2, -0.15) is 0 Å². The van der Waals surface area contributed by atoms with E-state index in [-0.39, 0.29) is 6.29 Å². The molecule has 0 spiro atoms. The average molecular weight is 346 g/mol. The van der Waals surface area contributed by atoms with E-state index >= 15 is 0 Å². The van der Waals surface area contributed by atoms with Crippen LogP contribution in [0.15, 0.2) is 0 Å². The Morgan fingerprint density at radius 1 is 0.696 bits per heavy atom. The highest BCUT2D eigenvalue weighted by atomic mass is 16.4. The second-order valence-electron chi connectivity index (χ2n) is 4.83. The Hall–Kier alpha value is -0.730. The highest BCUT2D eigenvalue weighted by molar-refractivity contribution is 5.56. The topological polar surface area (TPSA) is 219 Å². The standard InChI is InChI=1S/C6H14O6.C6H12O5/c7-1-3(9)5(11)6(12)4(10)2-8;1-3(8)5(10)6(11)4(9)2-7/h3-12H,1-2H2;2-6,8-11H,1H3. The Balaban J connectivity index is 0. The summed E-state index contributed by atoms with van der Waals surface area (Å²) in [5.74, 6) is 0. The monoisotopic (exact) mass is 346 g/mol. The lowest BCUT2D eigenvalue weighted by Crippen LogP contribution is -2.46. The molecule has 0 saturated carbocycles. The molecule has 0 fully saturated rings. The van der Waals surface area contributed by atoms with Crippen molar-refractivity contribution in [2.75, 3.05) is 13.2 Å². The van der Waals surface area contributed by atoms with E-state index in [4.69, 9.17) is 51.1 Å². The van der Waals surface area contributed by atoms with Crippen molar-refractivity contribution in [3.8, 4) is 0 Å². The third-order valence-electron chi connectivity index (χ3n) is 2.85. The maximum Gasteiger partial charge on any atom is 0.151 e. The van der Waals surface area contributed by atoms with E-state index in [2.05, 4.69) is 0 Å². The first-order valence-corrected chi connectivity index (χ1v) is 6.66. The molecule has 0 saturated heterocycles. The first kappa shape index (κ1) is 24.5. The zero-order chi connectivity index (χ0) is 18.7. The predicted octanol–water partition coefficient (Wildman–Crippen LogP) is -5.94. The molecular weight excluding hydrogens is 320 g/mol. The molecule has 0 amide bonds. The summed E-state index contributed by atoms with van der Waals surface area (Å²) in [6.07, 6.45) is -12.3. The van der Waals surface area contributed by atoms with Crippen molar-refractivity contribution in [3.05, 3.63) is 0 Å². The van der Waals surface area contributed by atoms with Gasteiger partial charge < -0.3 is 55.9 Å². The summed E-state index contributed by atoms with van der Waals surface area (Å²) in [7, 11) is 0. The van der Waals surface area contributed by atoms with Gasteiger partial charge in [0, 0.05) is 0 Å². The van der Waals surface area contributed by atoms with Crippen molar-refractivity contribution in [1.82, 2.24) is 0 Å². The summed E-state index contributed by atoms with van der Waals surface area (Å²) in [6.45, 7) is -0.210. The number of carbonyl (C=O) groups excluding carboxylic acids is 1. The smallest absolute Gasteiger partial charge is 0.151 e. The summed E-state index contributed by atoms with van der Waals surface area (Å²) in [4.78, 5) is 9.87. The summed E-state index contributed by atoms with van der Waals surface area (Å²) in [6, 6.07) is 0. The van der Waals surface area contributed by atoms with Gasteiger partial charge in [-0.1, -0.05) is 0 Å². The van der Waals surface area contributed by atoms with Crippen LogP contribution in [0, 0.1) is 0 Å². The molecular formula is C12H26O11. The van der Waals surface area contributed by atoms with Crippen LogP contribution in [0.25, 0.3) is 0 Å². The molecule has 0 heterocycles. The Morgan fingerprint density at radius 2 is 1.04 bits per heavy atom. The van der Waals surface area contributed by atoms with Gasteiger partial charge in [-0.25, -0.2) is 0 Å². The fraction of sp³-hybridized carbons (Fsp3) is 0.917. The minimum absolute atomic E-state index is 0.0935. The van der Waals surface area contributed by atoms with Crippen LogP contribution < -0.4 is 0 Å². The Kier molecular flexibility index (Phi) is 13.5. The van der Waals surface area contributed by atoms with Crippen LogP contribution >= 0.6 is 0 Å². The van der Waals surface area contributed by atoms with Gasteiger partial charge in [0.1, 0.15) is 42.7 Å². The van der Waals surface area contributed by atoms with E-state index in [0.29, 0.717) is 0 Å². The van der Waals surface area contributed by atoms with Crippen molar-refractivity contribution < 1.29 is 55.9 Å². The lowest BCUT2D eigenvalue weighted by atomic mass is 10.0. The molecule has 0 bridgehead atoms. The van der Waals surface area contributed by atoms with Crippen molar-refractivity contribution >= 4 is 6.29 Å². The first-order chi connectivity index (χ1) is 10.5. The third-order valence-corrected chi connectivity index (χ3v) is 2.85. The van der Waals surface area contributed by atoms with Crippen LogP contribution in [0.2, 0.25) is 0 Å². The third kappa shape index (κ3) is 9.22. The van der Waals surface area contributed by atoms with E-state index in [0.717, 1.165) is 0 Å². The number of aliphatic hydroxyl groups is 10. The first-order valence-electron chi connectivity index (χ1n) is 6.66. The molecule has 0 aliphatic rings. The second kappa shape index (κ2) is 12.7. The van der Waals surface area contributed by atoms with Crippen molar-refractivity contribution in [3.63, 3.8) is 0 Å². The maximum absolute atomic E-state index is 9.87. The molecule has 0 radical (unpaired) electrons. The molecule has 0 aliphatic carbocycles. The lowest BCUT2D eigenvalue weighted by Gasteiger charge is -2.24. The molecule has 0 aromatic heterocycles. The SMILES string of the molecule is CC(O)C(O)C(O)C(O)C=O.OCC(O)C(O)C(O)C(O)CO.